The molecule has 3 rings (SSSR count). The summed E-state index contributed by atoms with van der Waals surface area (Å²) in [4.78, 5) is 5.30. The molecule has 0 aromatic rings. The van der Waals surface area contributed by atoms with Gasteiger partial charge in [-0.1, -0.05) is 0 Å². The lowest BCUT2D eigenvalue weighted by atomic mass is 10.1. The molecule has 0 aromatic heterocycles. The molecule has 4 nitrogen and oxygen atoms in total. The van der Waals surface area contributed by atoms with Crippen molar-refractivity contribution in [2.24, 2.45) is 0 Å². The van der Waals surface area contributed by atoms with Gasteiger partial charge in [-0.05, 0) is 39.2 Å². The average molecular weight is 267 g/mol. The van der Waals surface area contributed by atoms with Gasteiger partial charge in [0.1, 0.15) is 0 Å². The van der Waals surface area contributed by atoms with E-state index in [1.165, 1.54) is 45.2 Å². The first-order valence-corrected chi connectivity index (χ1v) is 7.96. The molecule has 19 heavy (non-hydrogen) atoms. The lowest BCUT2D eigenvalue weighted by molar-refractivity contribution is 0.0823. The molecule has 110 valence electrons. The van der Waals surface area contributed by atoms with Gasteiger partial charge >= 0.3 is 0 Å². The molecule has 4 heteroatoms. The lowest BCUT2D eigenvalue weighted by Crippen LogP contribution is -2.49. The van der Waals surface area contributed by atoms with Gasteiger partial charge in [0, 0.05) is 50.9 Å². The average Bonchev–Trinajstić information content (AvgIpc) is 3.15. The smallest absolute Gasteiger partial charge is 0.0630 e. The molecule has 3 fully saturated rings. The van der Waals surface area contributed by atoms with Gasteiger partial charge in [-0.25, -0.2) is 0 Å². The van der Waals surface area contributed by atoms with Crippen LogP contribution in [0.3, 0.4) is 0 Å². The normalized spacial score (nSPS) is 34.4. The van der Waals surface area contributed by atoms with Crippen molar-refractivity contribution in [2.75, 3.05) is 40.4 Å². The van der Waals surface area contributed by atoms with Crippen molar-refractivity contribution in [3.8, 4) is 0 Å². The van der Waals surface area contributed by atoms with Crippen LogP contribution >= 0.6 is 0 Å². The van der Waals surface area contributed by atoms with Gasteiger partial charge < -0.3 is 10.1 Å². The summed E-state index contributed by atoms with van der Waals surface area (Å²) in [5, 5.41) is 3.68. The summed E-state index contributed by atoms with van der Waals surface area (Å²) < 4.78 is 5.46. The van der Waals surface area contributed by atoms with E-state index in [4.69, 9.17) is 4.74 Å². The molecule has 1 saturated carbocycles. The highest BCUT2D eigenvalue weighted by Gasteiger charge is 2.36. The topological polar surface area (TPSA) is 27.7 Å². The molecule has 2 saturated heterocycles. The van der Waals surface area contributed by atoms with Crippen molar-refractivity contribution in [3.05, 3.63) is 0 Å². The van der Waals surface area contributed by atoms with Crippen molar-refractivity contribution >= 4 is 0 Å². The maximum Gasteiger partial charge on any atom is 0.0630 e. The number of methoxy groups -OCH3 is 1. The van der Waals surface area contributed by atoms with Gasteiger partial charge in [-0.3, -0.25) is 9.80 Å². The number of likely N-dealkylation sites (N-methyl/N-ethyl adjacent to an activating group) is 1. The molecule has 0 radical (unpaired) electrons. The van der Waals surface area contributed by atoms with E-state index in [1.54, 1.807) is 0 Å². The highest BCUT2D eigenvalue weighted by molar-refractivity contribution is 4.93. The molecule has 0 aromatic carbocycles. The van der Waals surface area contributed by atoms with E-state index in [-0.39, 0.29) is 0 Å². The summed E-state index contributed by atoms with van der Waals surface area (Å²) >= 11 is 0. The Bertz CT molecular complexity index is 295. The van der Waals surface area contributed by atoms with E-state index in [9.17, 15) is 0 Å². The Morgan fingerprint density at radius 1 is 1.16 bits per heavy atom. The van der Waals surface area contributed by atoms with Crippen molar-refractivity contribution in [1.82, 2.24) is 15.1 Å². The van der Waals surface area contributed by atoms with E-state index in [2.05, 4.69) is 22.2 Å². The standard InChI is InChI=1S/C15H29N3O/c1-17-13-5-6-14(17)10-18(8-7-13)15(11-19-2)9-16-12-3-4-12/h12-16H,3-11H2,1-2H3. The fraction of sp³-hybridized carbons (Fsp3) is 1.00. The number of nitrogens with zero attached hydrogens (tertiary/aromatic N) is 2. The zero-order chi connectivity index (χ0) is 13.2. The molecule has 2 bridgehead atoms. The molecule has 3 unspecified atom stereocenters. The number of fused-ring (bicyclic) bond motifs is 2. The Balaban J connectivity index is 1.57. The monoisotopic (exact) mass is 267 g/mol. The first-order chi connectivity index (χ1) is 9.28. The van der Waals surface area contributed by atoms with Gasteiger partial charge in [-0.2, -0.15) is 0 Å². The summed E-state index contributed by atoms with van der Waals surface area (Å²) in [6, 6.07) is 2.95. The molecule has 1 N–H and O–H groups in total. The second kappa shape index (κ2) is 6.08. The van der Waals surface area contributed by atoms with Crippen LogP contribution < -0.4 is 5.32 Å². The molecule has 3 atom stereocenters. The van der Waals surface area contributed by atoms with E-state index < -0.39 is 0 Å². The number of ether oxygens (including phenoxy) is 1. The van der Waals surface area contributed by atoms with Gasteiger partial charge in [0.15, 0.2) is 0 Å². The van der Waals surface area contributed by atoms with Crippen LogP contribution in [0.1, 0.15) is 32.1 Å². The predicted molar refractivity (Wildman–Crippen MR) is 77.5 cm³/mol. The van der Waals surface area contributed by atoms with Crippen LogP contribution in [-0.4, -0.2) is 74.4 Å². The Labute approximate surface area is 117 Å². The van der Waals surface area contributed by atoms with E-state index in [0.29, 0.717) is 6.04 Å². The lowest BCUT2D eigenvalue weighted by Gasteiger charge is -2.33. The first kappa shape index (κ1) is 13.8. The maximum absolute atomic E-state index is 5.46. The quantitative estimate of drug-likeness (QED) is 0.774. The fourth-order valence-electron chi connectivity index (χ4n) is 3.74. The minimum absolute atomic E-state index is 0.554. The minimum Gasteiger partial charge on any atom is -0.383 e. The first-order valence-electron chi connectivity index (χ1n) is 7.96. The highest BCUT2D eigenvalue weighted by atomic mass is 16.5. The molecule has 0 spiro atoms. The van der Waals surface area contributed by atoms with Crippen molar-refractivity contribution in [3.63, 3.8) is 0 Å². The summed E-state index contributed by atoms with van der Waals surface area (Å²) in [5.41, 5.74) is 0. The molecular formula is C15H29N3O. The summed E-state index contributed by atoms with van der Waals surface area (Å²) in [6.07, 6.45) is 6.86. The van der Waals surface area contributed by atoms with E-state index >= 15 is 0 Å². The number of rotatable bonds is 6. The third-order valence-electron chi connectivity index (χ3n) is 5.27. The highest BCUT2D eigenvalue weighted by Crippen LogP contribution is 2.29. The maximum atomic E-state index is 5.46. The van der Waals surface area contributed by atoms with Crippen molar-refractivity contribution < 1.29 is 4.74 Å². The van der Waals surface area contributed by atoms with Crippen LogP contribution in [-0.2, 0) is 4.74 Å². The largest absolute Gasteiger partial charge is 0.383 e. The van der Waals surface area contributed by atoms with E-state index in [1.807, 2.05) is 7.11 Å². The molecule has 0 amide bonds. The van der Waals surface area contributed by atoms with Gasteiger partial charge in [0.25, 0.3) is 0 Å². The zero-order valence-electron chi connectivity index (χ0n) is 12.5. The Hall–Kier alpha value is -0.160. The van der Waals surface area contributed by atoms with Crippen LogP contribution in [0, 0.1) is 0 Å². The molecule has 2 heterocycles. The van der Waals surface area contributed by atoms with Crippen LogP contribution in [0.15, 0.2) is 0 Å². The Morgan fingerprint density at radius 2 is 1.95 bits per heavy atom. The molecular weight excluding hydrogens is 238 g/mol. The second-order valence-electron chi connectivity index (χ2n) is 6.63. The number of likely N-dealkylation sites (tertiary alicyclic amines) is 1. The fourth-order valence-corrected chi connectivity index (χ4v) is 3.74. The minimum atomic E-state index is 0.554. The summed E-state index contributed by atoms with van der Waals surface area (Å²) in [5.74, 6) is 0. The summed E-state index contributed by atoms with van der Waals surface area (Å²) in [7, 11) is 4.15. The number of hydrogen-bond donors (Lipinski definition) is 1. The van der Waals surface area contributed by atoms with Crippen LogP contribution in [0.25, 0.3) is 0 Å². The van der Waals surface area contributed by atoms with Crippen LogP contribution in [0.5, 0.6) is 0 Å². The third-order valence-corrected chi connectivity index (χ3v) is 5.27. The molecule has 1 aliphatic carbocycles. The number of nitrogens with one attached hydrogen (secondary N) is 1. The van der Waals surface area contributed by atoms with Gasteiger partial charge in [0.05, 0.1) is 6.61 Å². The van der Waals surface area contributed by atoms with Crippen molar-refractivity contribution in [1.29, 1.82) is 0 Å². The van der Waals surface area contributed by atoms with Crippen LogP contribution in [0.2, 0.25) is 0 Å². The van der Waals surface area contributed by atoms with Crippen LogP contribution in [0.4, 0.5) is 0 Å². The predicted octanol–water partition coefficient (Wildman–Crippen LogP) is 0.922. The van der Waals surface area contributed by atoms with E-state index in [0.717, 1.165) is 31.3 Å². The van der Waals surface area contributed by atoms with Gasteiger partial charge in [-0.15, -0.1) is 0 Å². The second-order valence-corrected chi connectivity index (χ2v) is 6.63. The Kier molecular flexibility index (Phi) is 4.42. The SMILES string of the molecule is COCC(CNC1CC1)N1CCC2CCC(C1)N2C. The van der Waals surface area contributed by atoms with Crippen molar-refractivity contribution in [2.45, 2.75) is 56.3 Å². The molecule has 3 aliphatic rings. The zero-order valence-corrected chi connectivity index (χ0v) is 12.5. The Morgan fingerprint density at radius 3 is 2.68 bits per heavy atom. The number of hydrogen-bond acceptors (Lipinski definition) is 4. The van der Waals surface area contributed by atoms with Gasteiger partial charge in [0.2, 0.25) is 0 Å². The molecule has 2 aliphatic heterocycles. The summed E-state index contributed by atoms with van der Waals surface area (Å²) in [6.45, 7) is 4.43. The third kappa shape index (κ3) is 3.30.